The second kappa shape index (κ2) is 3.93. The van der Waals surface area contributed by atoms with E-state index >= 15 is 0 Å². The lowest BCUT2D eigenvalue weighted by atomic mass is 10.1. The first kappa shape index (κ1) is 9.41. The van der Waals surface area contributed by atoms with Gasteiger partial charge in [-0.05, 0) is 11.6 Å². The van der Waals surface area contributed by atoms with Gasteiger partial charge in [0.25, 0.3) is 0 Å². The van der Waals surface area contributed by atoms with Gasteiger partial charge in [0, 0.05) is 18.9 Å². The molecule has 0 fully saturated rings. The Morgan fingerprint density at radius 1 is 1.47 bits per heavy atom. The number of hydrogen-bond donors (Lipinski definition) is 0. The summed E-state index contributed by atoms with van der Waals surface area (Å²) in [7, 11) is 0. The third-order valence-electron chi connectivity index (χ3n) is 2.12. The summed E-state index contributed by atoms with van der Waals surface area (Å²) in [4.78, 5) is 3.88. The Morgan fingerprint density at radius 3 is 3.00 bits per heavy atom. The highest BCUT2D eigenvalue weighted by atomic mass is 19.1. The van der Waals surface area contributed by atoms with E-state index < -0.39 is 5.82 Å². The number of imidazole rings is 1. The van der Waals surface area contributed by atoms with Crippen LogP contribution in [0.5, 0.6) is 0 Å². The minimum absolute atomic E-state index is 0.103. The Balaban J connectivity index is 2.37. The van der Waals surface area contributed by atoms with Crippen molar-refractivity contribution >= 4 is 0 Å². The summed E-state index contributed by atoms with van der Waals surface area (Å²) in [6.45, 7) is 0.459. The van der Waals surface area contributed by atoms with Gasteiger partial charge in [0.2, 0.25) is 0 Å². The van der Waals surface area contributed by atoms with Gasteiger partial charge in [-0.25, -0.2) is 9.37 Å². The van der Waals surface area contributed by atoms with Gasteiger partial charge in [0.1, 0.15) is 11.9 Å². The first-order valence-corrected chi connectivity index (χ1v) is 4.44. The summed E-state index contributed by atoms with van der Waals surface area (Å²) in [6, 6.07) is 6.49. The Labute approximate surface area is 86.4 Å². The molecule has 1 aromatic heterocycles. The molecule has 0 saturated carbocycles. The van der Waals surface area contributed by atoms with Crippen LogP contribution in [0.25, 0.3) is 0 Å². The van der Waals surface area contributed by atoms with Crippen molar-refractivity contribution in [3.8, 4) is 6.07 Å². The number of nitriles is 1. The van der Waals surface area contributed by atoms with Crippen LogP contribution in [0.3, 0.4) is 0 Å². The van der Waals surface area contributed by atoms with Crippen molar-refractivity contribution in [1.29, 1.82) is 5.26 Å². The van der Waals surface area contributed by atoms with Crippen LogP contribution in [0, 0.1) is 17.1 Å². The number of halogens is 1. The molecule has 15 heavy (non-hydrogen) atoms. The lowest BCUT2D eigenvalue weighted by Gasteiger charge is -2.04. The Bertz CT molecular complexity index is 497. The van der Waals surface area contributed by atoms with Gasteiger partial charge in [-0.2, -0.15) is 5.26 Å². The second-order valence-corrected chi connectivity index (χ2v) is 3.12. The summed E-state index contributed by atoms with van der Waals surface area (Å²) in [5, 5.41) is 8.81. The lowest BCUT2D eigenvalue weighted by Crippen LogP contribution is -2.00. The quantitative estimate of drug-likeness (QED) is 0.745. The minimum atomic E-state index is -0.477. The summed E-state index contributed by atoms with van der Waals surface area (Å²) < 4.78 is 15.0. The topological polar surface area (TPSA) is 41.6 Å². The van der Waals surface area contributed by atoms with Crippen LogP contribution in [-0.2, 0) is 6.54 Å². The van der Waals surface area contributed by atoms with Gasteiger partial charge < -0.3 is 4.57 Å². The highest BCUT2D eigenvalue weighted by Crippen LogP contribution is 2.13. The molecule has 0 N–H and O–H groups in total. The van der Waals surface area contributed by atoms with Crippen LogP contribution < -0.4 is 0 Å². The van der Waals surface area contributed by atoms with E-state index in [1.165, 1.54) is 6.07 Å². The molecule has 3 nitrogen and oxygen atoms in total. The van der Waals surface area contributed by atoms with Gasteiger partial charge in [-0.15, -0.1) is 0 Å². The van der Waals surface area contributed by atoms with Crippen molar-refractivity contribution in [3.63, 3.8) is 0 Å². The normalized spacial score (nSPS) is 9.87. The van der Waals surface area contributed by atoms with Gasteiger partial charge in [0.15, 0.2) is 0 Å². The van der Waals surface area contributed by atoms with E-state index in [1.807, 2.05) is 6.07 Å². The van der Waals surface area contributed by atoms with Crippen LogP contribution in [-0.4, -0.2) is 9.55 Å². The van der Waals surface area contributed by atoms with Gasteiger partial charge in [-0.3, -0.25) is 0 Å². The Kier molecular flexibility index (Phi) is 2.46. The average Bonchev–Trinajstić information content (AvgIpc) is 2.71. The molecule has 0 aliphatic carbocycles. The highest BCUT2D eigenvalue weighted by Gasteiger charge is 2.07. The minimum Gasteiger partial charge on any atom is -0.333 e. The van der Waals surface area contributed by atoms with Crippen molar-refractivity contribution < 1.29 is 4.39 Å². The number of hydrogen-bond acceptors (Lipinski definition) is 2. The van der Waals surface area contributed by atoms with E-state index in [9.17, 15) is 4.39 Å². The molecular weight excluding hydrogens is 193 g/mol. The van der Waals surface area contributed by atoms with Crippen LogP contribution >= 0.6 is 0 Å². The molecule has 0 saturated heterocycles. The molecule has 0 aliphatic heterocycles. The zero-order valence-corrected chi connectivity index (χ0v) is 7.89. The fourth-order valence-corrected chi connectivity index (χ4v) is 1.40. The third kappa shape index (κ3) is 1.86. The maximum absolute atomic E-state index is 13.2. The molecule has 74 valence electrons. The van der Waals surface area contributed by atoms with Crippen LogP contribution in [0.4, 0.5) is 4.39 Å². The van der Waals surface area contributed by atoms with Gasteiger partial charge >= 0.3 is 0 Å². The van der Waals surface area contributed by atoms with E-state index in [1.54, 1.807) is 35.4 Å². The molecule has 1 aromatic carbocycles. The summed E-state index contributed by atoms with van der Waals surface area (Å²) in [6.07, 6.45) is 5.05. The first-order chi connectivity index (χ1) is 7.31. The fraction of sp³-hybridized carbons (Fsp3) is 0.0909. The number of nitrogens with zero attached hydrogens (tertiary/aromatic N) is 3. The molecule has 0 unspecified atom stereocenters. The summed E-state index contributed by atoms with van der Waals surface area (Å²) in [5.41, 5.74) is 0.765. The van der Waals surface area contributed by atoms with Crippen molar-refractivity contribution in [2.24, 2.45) is 0 Å². The van der Waals surface area contributed by atoms with E-state index in [0.717, 1.165) is 0 Å². The zero-order valence-electron chi connectivity index (χ0n) is 7.89. The molecule has 4 heteroatoms. The second-order valence-electron chi connectivity index (χ2n) is 3.12. The molecule has 0 spiro atoms. The molecule has 2 rings (SSSR count). The maximum Gasteiger partial charge on any atom is 0.141 e. The number of aromatic nitrogens is 2. The SMILES string of the molecule is N#Cc1c(F)cccc1Cn1ccnc1. The smallest absolute Gasteiger partial charge is 0.141 e. The lowest BCUT2D eigenvalue weighted by molar-refractivity contribution is 0.619. The average molecular weight is 201 g/mol. The third-order valence-corrected chi connectivity index (χ3v) is 2.12. The van der Waals surface area contributed by atoms with Crippen molar-refractivity contribution in [3.05, 3.63) is 53.9 Å². The van der Waals surface area contributed by atoms with E-state index in [2.05, 4.69) is 4.98 Å². The standard InChI is InChI=1S/C11H8FN3/c12-11-3-1-2-9(10(11)6-13)7-15-5-4-14-8-15/h1-5,8H,7H2. The predicted molar refractivity (Wildman–Crippen MR) is 52.4 cm³/mol. The molecule has 2 aromatic rings. The molecule has 1 heterocycles. The Hall–Kier alpha value is -2.15. The Morgan fingerprint density at radius 2 is 2.33 bits per heavy atom. The molecular formula is C11H8FN3. The fourth-order valence-electron chi connectivity index (χ4n) is 1.40. The van der Waals surface area contributed by atoms with Crippen LogP contribution in [0.1, 0.15) is 11.1 Å². The molecule has 0 atom stereocenters. The molecule has 0 amide bonds. The van der Waals surface area contributed by atoms with Gasteiger partial charge in [-0.1, -0.05) is 12.1 Å². The van der Waals surface area contributed by atoms with Crippen molar-refractivity contribution in [2.75, 3.05) is 0 Å². The van der Waals surface area contributed by atoms with E-state index in [4.69, 9.17) is 5.26 Å². The highest BCUT2D eigenvalue weighted by molar-refractivity contribution is 5.38. The number of benzene rings is 1. The van der Waals surface area contributed by atoms with E-state index in [-0.39, 0.29) is 5.56 Å². The summed E-state index contributed by atoms with van der Waals surface area (Å²) in [5.74, 6) is -0.477. The largest absolute Gasteiger partial charge is 0.333 e. The molecule has 0 radical (unpaired) electrons. The van der Waals surface area contributed by atoms with Crippen LogP contribution in [0.15, 0.2) is 36.9 Å². The van der Waals surface area contributed by atoms with Crippen molar-refractivity contribution in [1.82, 2.24) is 9.55 Å². The van der Waals surface area contributed by atoms with Crippen molar-refractivity contribution in [2.45, 2.75) is 6.54 Å². The van der Waals surface area contributed by atoms with E-state index in [0.29, 0.717) is 12.1 Å². The zero-order chi connectivity index (χ0) is 10.7. The first-order valence-electron chi connectivity index (χ1n) is 4.44. The maximum atomic E-state index is 13.2. The number of rotatable bonds is 2. The molecule has 0 bridgehead atoms. The summed E-state index contributed by atoms with van der Waals surface area (Å²) >= 11 is 0. The molecule has 0 aliphatic rings. The van der Waals surface area contributed by atoms with Gasteiger partial charge in [0.05, 0.1) is 11.9 Å². The monoisotopic (exact) mass is 201 g/mol. The predicted octanol–water partition coefficient (Wildman–Crippen LogP) is 1.94. The van der Waals surface area contributed by atoms with Crippen LogP contribution in [0.2, 0.25) is 0 Å².